The SMILES string of the molecule is CC1=C(C(=O)O)CC(C(=O)O)(c2ccccc2)C(C)N1. The van der Waals surface area contributed by atoms with Gasteiger partial charge in [0.2, 0.25) is 0 Å². The molecule has 1 aromatic carbocycles. The van der Waals surface area contributed by atoms with E-state index in [2.05, 4.69) is 5.32 Å². The van der Waals surface area contributed by atoms with Crippen LogP contribution in [-0.2, 0) is 15.0 Å². The summed E-state index contributed by atoms with van der Waals surface area (Å²) in [4.78, 5) is 23.2. The molecule has 0 aliphatic carbocycles. The summed E-state index contributed by atoms with van der Waals surface area (Å²) in [6.45, 7) is 3.43. The molecule has 0 bridgehead atoms. The number of carbonyl (C=O) groups is 2. The van der Waals surface area contributed by atoms with Gasteiger partial charge in [0.15, 0.2) is 0 Å². The van der Waals surface area contributed by atoms with Gasteiger partial charge in [0.05, 0.1) is 5.57 Å². The lowest BCUT2D eigenvalue weighted by molar-refractivity contribution is -0.145. The summed E-state index contributed by atoms with van der Waals surface area (Å²) in [7, 11) is 0. The molecule has 0 fully saturated rings. The van der Waals surface area contributed by atoms with Crippen molar-refractivity contribution in [3.05, 3.63) is 47.2 Å². The van der Waals surface area contributed by atoms with E-state index in [4.69, 9.17) is 0 Å². The van der Waals surface area contributed by atoms with E-state index in [1.165, 1.54) is 0 Å². The highest BCUT2D eigenvalue weighted by Crippen LogP contribution is 2.39. The van der Waals surface area contributed by atoms with E-state index in [0.29, 0.717) is 11.3 Å². The molecule has 1 aromatic rings. The summed E-state index contributed by atoms with van der Waals surface area (Å²) in [5, 5.41) is 22.0. The number of allylic oxidation sites excluding steroid dienone is 1. The third-order valence-electron chi connectivity index (χ3n) is 4.01. The van der Waals surface area contributed by atoms with Crippen molar-refractivity contribution in [1.82, 2.24) is 5.32 Å². The molecule has 0 aromatic heterocycles. The number of carboxylic acid groups (broad SMARTS) is 2. The molecule has 2 atom stereocenters. The van der Waals surface area contributed by atoms with Crippen molar-refractivity contribution in [3.63, 3.8) is 0 Å². The number of benzene rings is 1. The zero-order chi connectivity index (χ0) is 14.9. The average Bonchev–Trinajstić information content (AvgIpc) is 2.39. The zero-order valence-electron chi connectivity index (χ0n) is 11.4. The Kier molecular flexibility index (Phi) is 3.53. The molecule has 20 heavy (non-hydrogen) atoms. The van der Waals surface area contributed by atoms with Crippen molar-refractivity contribution in [2.24, 2.45) is 0 Å². The smallest absolute Gasteiger partial charge is 0.333 e. The Labute approximate surface area is 116 Å². The third kappa shape index (κ3) is 2.05. The van der Waals surface area contributed by atoms with Crippen molar-refractivity contribution < 1.29 is 19.8 Å². The predicted molar refractivity (Wildman–Crippen MR) is 73.3 cm³/mol. The monoisotopic (exact) mass is 275 g/mol. The number of aliphatic carboxylic acids is 2. The van der Waals surface area contributed by atoms with Gasteiger partial charge in [-0.15, -0.1) is 0 Å². The van der Waals surface area contributed by atoms with Crippen molar-refractivity contribution in [2.75, 3.05) is 0 Å². The lowest BCUT2D eigenvalue weighted by atomic mass is 9.68. The summed E-state index contributed by atoms with van der Waals surface area (Å²) in [6, 6.07) is 8.39. The quantitative estimate of drug-likeness (QED) is 0.782. The topological polar surface area (TPSA) is 86.6 Å². The Morgan fingerprint density at radius 1 is 1.25 bits per heavy atom. The van der Waals surface area contributed by atoms with Gasteiger partial charge in [0.1, 0.15) is 5.41 Å². The molecular formula is C15H17NO4. The van der Waals surface area contributed by atoms with Crippen molar-refractivity contribution >= 4 is 11.9 Å². The molecular weight excluding hydrogens is 258 g/mol. The Morgan fingerprint density at radius 2 is 1.85 bits per heavy atom. The van der Waals surface area contributed by atoms with Crippen LogP contribution < -0.4 is 5.32 Å². The van der Waals surface area contributed by atoms with Gasteiger partial charge in [-0.25, -0.2) is 4.79 Å². The van der Waals surface area contributed by atoms with Crippen LogP contribution in [0, 0.1) is 0 Å². The molecule has 0 spiro atoms. The normalized spacial score (nSPS) is 26.0. The largest absolute Gasteiger partial charge is 0.481 e. The van der Waals surface area contributed by atoms with Crippen LogP contribution in [0.15, 0.2) is 41.6 Å². The molecule has 1 aliphatic heterocycles. The minimum atomic E-state index is -1.27. The summed E-state index contributed by atoms with van der Waals surface area (Å²) in [5.41, 5.74) is -0.0139. The fraction of sp³-hybridized carbons (Fsp3) is 0.333. The van der Waals surface area contributed by atoms with Gasteiger partial charge in [0, 0.05) is 18.2 Å². The van der Waals surface area contributed by atoms with Gasteiger partial charge in [-0.05, 0) is 19.4 Å². The number of rotatable bonds is 3. The van der Waals surface area contributed by atoms with E-state index in [-0.39, 0.29) is 12.0 Å². The minimum Gasteiger partial charge on any atom is -0.481 e. The fourth-order valence-corrected chi connectivity index (χ4v) is 2.81. The van der Waals surface area contributed by atoms with Crippen LogP contribution in [0.3, 0.4) is 0 Å². The second kappa shape index (κ2) is 5.00. The van der Waals surface area contributed by atoms with Crippen LogP contribution in [0.4, 0.5) is 0 Å². The van der Waals surface area contributed by atoms with Crippen LogP contribution >= 0.6 is 0 Å². The standard InChI is InChI=1S/C15H17NO4/c1-9-12(13(17)18)8-15(14(19)20,10(2)16-9)11-6-4-3-5-7-11/h3-7,10,16H,8H2,1-2H3,(H,17,18)(H,19,20). The van der Waals surface area contributed by atoms with E-state index in [1.54, 1.807) is 44.2 Å². The van der Waals surface area contributed by atoms with Crippen LogP contribution in [0.25, 0.3) is 0 Å². The van der Waals surface area contributed by atoms with Crippen LogP contribution in [0.1, 0.15) is 25.8 Å². The second-order valence-corrected chi connectivity index (χ2v) is 5.09. The highest BCUT2D eigenvalue weighted by molar-refractivity contribution is 5.92. The summed E-state index contributed by atoms with van der Waals surface area (Å²) >= 11 is 0. The Balaban J connectivity index is 2.60. The predicted octanol–water partition coefficient (Wildman–Crippen LogP) is 1.75. The maximum absolute atomic E-state index is 11.9. The molecule has 3 N–H and O–H groups in total. The summed E-state index contributed by atoms with van der Waals surface area (Å²) < 4.78 is 0. The molecule has 2 rings (SSSR count). The van der Waals surface area contributed by atoms with Gasteiger partial charge in [-0.2, -0.15) is 0 Å². The zero-order valence-corrected chi connectivity index (χ0v) is 11.4. The first-order chi connectivity index (χ1) is 9.39. The van der Waals surface area contributed by atoms with Gasteiger partial charge in [-0.3, -0.25) is 4.79 Å². The second-order valence-electron chi connectivity index (χ2n) is 5.09. The first-order valence-electron chi connectivity index (χ1n) is 6.38. The van der Waals surface area contributed by atoms with Crippen molar-refractivity contribution in [1.29, 1.82) is 0 Å². The Hall–Kier alpha value is -2.30. The maximum Gasteiger partial charge on any atom is 0.333 e. The maximum atomic E-state index is 11.9. The van der Waals surface area contributed by atoms with E-state index in [0.717, 1.165) is 0 Å². The third-order valence-corrected chi connectivity index (χ3v) is 4.01. The highest BCUT2D eigenvalue weighted by atomic mass is 16.4. The van der Waals surface area contributed by atoms with Gasteiger partial charge < -0.3 is 15.5 Å². The van der Waals surface area contributed by atoms with Gasteiger partial charge in [-0.1, -0.05) is 30.3 Å². The molecule has 0 saturated carbocycles. The molecule has 0 saturated heterocycles. The number of hydrogen-bond donors (Lipinski definition) is 3. The molecule has 0 radical (unpaired) electrons. The average molecular weight is 275 g/mol. The number of carboxylic acids is 2. The van der Waals surface area contributed by atoms with Crippen LogP contribution in [-0.4, -0.2) is 28.2 Å². The summed E-state index contributed by atoms with van der Waals surface area (Å²) in [6.07, 6.45) is -0.0261. The molecule has 1 aliphatic rings. The highest BCUT2D eigenvalue weighted by Gasteiger charge is 2.49. The number of hydrogen-bond acceptors (Lipinski definition) is 3. The van der Waals surface area contributed by atoms with Crippen molar-refractivity contribution in [2.45, 2.75) is 31.7 Å². The molecule has 2 unspecified atom stereocenters. The van der Waals surface area contributed by atoms with Crippen molar-refractivity contribution in [3.8, 4) is 0 Å². The molecule has 5 nitrogen and oxygen atoms in total. The number of nitrogens with one attached hydrogen (secondary N) is 1. The first kappa shape index (κ1) is 14.1. The van der Waals surface area contributed by atoms with E-state index >= 15 is 0 Å². The van der Waals surface area contributed by atoms with E-state index < -0.39 is 23.4 Å². The van der Waals surface area contributed by atoms with Crippen LogP contribution in [0.2, 0.25) is 0 Å². The fourth-order valence-electron chi connectivity index (χ4n) is 2.81. The molecule has 5 heteroatoms. The summed E-state index contributed by atoms with van der Waals surface area (Å²) in [5.74, 6) is -2.10. The Bertz CT molecular complexity index is 579. The van der Waals surface area contributed by atoms with E-state index in [9.17, 15) is 19.8 Å². The minimum absolute atomic E-state index is 0.0261. The van der Waals surface area contributed by atoms with Gasteiger partial charge >= 0.3 is 11.9 Å². The first-order valence-corrected chi connectivity index (χ1v) is 6.38. The van der Waals surface area contributed by atoms with Crippen LogP contribution in [0.5, 0.6) is 0 Å². The lowest BCUT2D eigenvalue weighted by Gasteiger charge is -2.41. The Morgan fingerprint density at radius 3 is 2.35 bits per heavy atom. The lowest BCUT2D eigenvalue weighted by Crippen LogP contribution is -2.55. The molecule has 0 amide bonds. The van der Waals surface area contributed by atoms with Gasteiger partial charge in [0.25, 0.3) is 0 Å². The molecule has 1 heterocycles. The van der Waals surface area contributed by atoms with E-state index in [1.807, 2.05) is 0 Å². The molecule has 106 valence electrons.